The fraction of sp³-hybridized carbons (Fsp3) is 0.588. The van der Waals surface area contributed by atoms with Crippen LogP contribution in [0.3, 0.4) is 0 Å². The van der Waals surface area contributed by atoms with Gasteiger partial charge in [0.2, 0.25) is 5.91 Å². The molecule has 2 N–H and O–H groups in total. The van der Waals surface area contributed by atoms with Gasteiger partial charge in [0.05, 0.1) is 12.1 Å². The first-order valence-corrected chi connectivity index (χ1v) is 7.88. The summed E-state index contributed by atoms with van der Waals surface area (Å²) < 4.78 is 0. The van der Waals surface area contributed by atoms with Gasteiger partial charge in [-0.05, 0) is 24.9 Å². The standard InChI is InChI=1S/C17H26N2O2/c1-3-4-10-14(13-8-6-5-7-9-13)19(2)17(21)16-15(20)11-12-18-16/h5-9,14-16,18,20H,3-4,10-12H2,1-2H3/t14?,15?,16-/m0/s1. The van der Waals surface area contributed by atoms with Gasteiger partial charge in [0.15, 0.2) is 0 Å². The van der Waals surface area contributed by atoms with Crippen LogP contribution in [0, 0.1) is 0 Å². The first-order valence-electron chi connectivity index (χ1n) is 7.88. The molecule has 1 fully saturated rings. The molecule has 1 aromatic rings. The van der Waals surface area contributed by atoms with Gasteiger partial charge in [-0.2, -0.15) is 0 Å². The zero-order valence-electron chi connectivity index (χ0n) is 13.0. The van der Waals surface area contributed by atoms with Crippen molar-refractivity contribution >= 4 is 5.91 Å². The minimum absolute atomic E-state index is 0.00930. The van der Waals surface area contributed by atoms with Gasteiger partial charge in [-0.1, -0.05) is 50.1 Å². The van der Waals surface area contributed by atoms with E-state index in [0.29, 0.717) is 13.0 Å². The highest BCUT2D eigenvalue weighted by Gasteiger charge is 2.35. The smallest absolute Gasteiger partial charge is 0.242 e. The van der Waals surface area contributed by atoms with Crippen molar-refractivity contribution < 1.29 is 9.90 Å². The molecular weight excluding hydrogens is 264 g/mol. The van der Waals surface area contributed by atoms with E-state index in [2.05, 4.69) is 24.4 Å². The number of carbonyl (C=O) groups is 1. The summed E-state index contributed by atoms with van der Waals surface area (Å²) in [5.74, 6) is -0.00930. The average molecular weight is 290 g/mol. The van der Waals surface area contributed by atoms with Gasteiger partial charge in [-0.15, -0.1) is 0 Å². The molecule has 4 heteroatoms. The van der Waals surface area contributed by atoms with Crippen molar-refractivity contribution in [3.05, 3.63) is 35.9 Å². The summed E-state index contributed by atoms with van der Waals surface area (Å²) in [6, 6.07) is 9.77. The van der Waals surface area contributed by atoms with Gasteiger partial charge in [0.25, 0.3) is 0 Å². The number of benzene rings is 1. The van der Waals surface area contributed by atoms with Gasteiger partial charge >= 0.3 is 0 Å². The predicted molar refractivity (Wildman–Crippen MR) is 83.9 cm³/mol. The Balaban J connectivity index is 2.13. The number of nitrogens with zero attached hydrogens (tertiary/aromatic N) is 1. The van der Waals surface area contributed by atoms with Crippen molar-refractivity contribution in [2.75, 3.05) is 13.6 Å². The van der Waals surface area contributed by atoms with Crippen LogP contribution >= 0.6 is 0 Å². The number of carbonyl (C=O) groups excluding carboxylic acids is 1. The Morgan fingerprint density at radius 3 is 2.71 bits per heavy atom. The maximum absolute atomic E-state index is 12.6. The molecule has 0 bridgehead atoms. The van der Waals surface area contributed by atoms with Crippen LogP contribution in [0.15, 0.2) is 30.3 Å². The number of aliphatic hydroxyl groups is 1. The summed E-state index contributed by atoms with van der Waals surface area (Å²) in [6.07, 6.45) is 3.22. The highest BCUT2D eigenvalue weighted by atomic mass is 16.3. The van der Waals surface area contributed by atoms with E-state index in [4.69, 9.17) is 0 Å². The fourth-order valence-corrected chi connectivity index (χ4v) is 2.97. The molecule has 0 spiro atoms. The molecule has 1 aromatic carbocycles. The lowest BCUT2D eigenvalue weighted by molar-refractivity contribution is -0.136. The van der Waals surface area contributed by atoms with Crippen LogP contribution in [-0.4, -0.2) is 41.7 Å². The van der Waals surface area contributed by atoms with Crippen LogP contribution in [0.2, 0.25) is 0 Å². The molecule has 0 radical (unpaired) electrons. The molecule has 3 atom stereocenters. The minimum atomic E-state index is -0.567. The Labute approximate surface area is 127 Å². The van der Waals surface area contributed by atoms with E-state index >= 15 is 0 Å². The van der Waals surface area contributed by atoms with Crippen molar-refractivity contribution in [2.45, 2.75) is 50.8 Å². The minimum Gasteiger partial charge on any atom is -0.391 e. The lowest BCUT2D eigenvalue weighted by Crippen LogP contribution is -2.47. The Bertz CT molecular complexity index is 449. The number of rotatable bonds is 6. The third kappa shape index (κ3) is 3.83. The Kier molecular flexibility index (Phi) is 5.76. The molecule has 1 saturated heterocycles. The second-order valence-corrected chi connectivity index (χ2v) is 5.81. The monoisotopic (exact) mass is 290 g/mol. The van der Waals surface area contributed by atoms with E-state index in [1.165, 1.54) is 0 Å². The molecular formula is C17H26N2O2. The highest BCUT2D eigenvalue weighted by molar-refractivity contribution is 5.83. The van der Waals surface area contributed by atoms with Crippen molar-refractivity contribution in [1.82, 2.24) is 10.2 Å². The van der Waals surface area contributed by atoms with Crippen molar-refractivity contribution in [3.63, 3.8) is 0 Å². The summed E-state index contributed by atoms with van der Waals surface area (Å²) in [5.41, 5.74) is 1.16. The number of hydrogen-bond acceptors (Lipinski definition) is 3. The second-order valence-electron chi connectivity index (χ2n) is 5.81. The quantitative estimate of drug-likeness (QED) is 0.843. The summed E-state index contributed by atoms with van der Waals surface area (Å²) >= 11 is 0. The molecule has 116 valence electrons. The first kappa shape index (κ1) is 16.0. The second kappa shape index (κ2) is 7.57. The molecule has 2 unspecified atom stereocenters. The van der Waals surface area contributed by atoms with Crippen LogP contribution in [0.4, 0.5) is 0 Å². The number of likely N-dealkylation sites (N-methyl/N-ethyl adjacent to an activating group) is 1. The number of nitrogens with one attached hydrogen (secondary N) is 1. The molecule has 4 nitrogen and oxygen atoms in total. The summed E-state index contributed by atoms with van der Waals surface area (Å²) in [7, 11) is 1.85. The third-order valence-electron chi connectivity index (χ3n) is 4.29. The van der Waals surface area contributed by atoms with E-state index < -0.39 is 12.1 Å². The molecule has 1 amide bonds. The van der Waals surface area contributed by atoms with E-state index in [-0.39, 0.29) is 11.9 Å². The Morgan fingerprint density at radius 1 is 1.43 bits per heavy atom. The molecule has 1 heterocycles. The number of unbranched alkanes of at least 4 members (excludes halogenated alkanes) is 1. The molecule has 0 saturated carbocycles. The van der Waals surface area contributed by atoms with Crippen LogP contribution in [-0.2, 0) is 4.79 Å². The van der Waals surface area contributed by atoms with E-state index in [1.807, 2.05) is 25.2 Å². The zero-order valence-corrected chi connectivity index (χ0v) is 13.0. The van der Waals surface area contributed by atoms with Gasteiger partial charge in [0, 0.05) is 7.05 Å². The predicted octanol–water partition coefficient (Wildman–Crippen LogP) is 2.10. The van der Waals surface area contributed by atoms with E-state index in [0.717, 1.165) is 24.8 Å². The Hall–Kier alpha value is -1.39. The van der Waals surface area contributed by atoms with Gasteiger partial charge in [0.1, 0.15) is 6.04 Å². The Morgan fingerprint density at radius 2 is 2.14 bits per heavy atom. The van der Waals surface area contributed by atoms with E-state index in [1.54, 1.807) is 4.90 Å². The lowest BCUT2D eigenvalue weighted by atomic mass is 9.98. The maximum Gasteiger partial charge on any atom is 0.242 e. The first-order chi connectivity index (χ1) is 10.1. The van der Waals surface area contributed by atoms with Gasteiger partial charge in [-0.25, -0.2) is 0 Å². The lowest BCUT2D eigenvalue weighted by Gasteiger charge is -2.31. The summed E-state index contributed by atoms with van der Waals surface area (Å²) in [5, 5.41) is 13.0. The normalized spacial score (nSPS) is 23.0. The molecule has 0 aromatic heterocycles. The SMILES string of the molecule is CCCCC(c1ccccc1)N(C)C(=O)[C@H]1NCCC1O. The van der Waals surface area contributed by atoms with Crippen LogP contribution in [0.1, 0.15) is 44.2 Å². The summed E-state index contributed by atoms with van der Waals surface area (Å²) in [4.78, 5) is 14.4. The molecule has 1 aliphatic heterocycles. The highest BCUT2D eigenvalue weighted by Crippen LogP contribution is 2.26. The van der Waals surface area contributed by atoms with Gasteiger partial charge < -0.3 is 15.3 Å². The van der Waals surface area contributed by atoms with Crippen molar-refractivity contribution in [1.29, 1.82) is 0 Å². The summed E-state index contributed by atoms with van der Waals surface area (Å²) in [6.45, 7) is 2.86. The maximum atomic E-state index is 12.6. The fourth-order valence-electron chi connectivity index (χ4n) is 2.97. The number of hydrogen-bond donors (Lipinski definition) is 2. The molecule has 0 aliphatic carbocycles. The number of amides is 1. The average Bonchev–Trinajstić information content (AvgIpc) is 2.94. The van der Waals surface area contributed by atoms with Crippen LogP contribution in [0.5, 0.6) is 0 Å². The molecule has 1 aliphatic rings. The van der Waals surface area contributed by atoms with Crippen LogP contribution in [0.25, 0.3) is 0 Å². The largest absolute Gasteiger partial charge is 0.391 e. The zero-order chi connectivity index (χ0) is 15.2. The van der Waals surface area contributed by atoms with E-state index in [9.17, 15) is 9.90 Å². The van der Waals surface area contributed by atoms with Gasteiger partial charge in [-0.3, -0.25) is 4.79 Å². The third-order valence-corrected chi connectivity index (χ3v) is 4.29. The van der Waals surface area contributed by atoms with Crippen molar-refractivity contribution in [3.8, 4) is 0 Å². The number of aliphatic hydroxyl groups excluding tert-OH is 1. The topological polar surface area (TPSA) is 52.6 Å². The molecule has 21 heavy (non-hydrogen) atoms. The van der Waals surface area contributed by atoms with Crippen molar-refractivity contribution in [2.24, 2.45) is 0 Å². The molecule has 2 rings (SSSR count). The van der Waals surface area contributed by atoms with Crippen LogP contribution < -0.4 is 5.32 Å².